The van der Waals surface area contributed by atoms with Crippen LogP contribution in [0.1, 0.15) is 37.3 Å². The summed E-state index contributed by atoms with van der Waals surface area (Å²) in [6.07, 6.45) is 4.36. The zero-order chi connectivity index (χ0) is 22.2. The predicted molar refractivity (Wildman–Crippen MR) is 122 cm³/mol. The Morgan fingerprint density at radius 2 is 1.94 bits per heavy atom. The Morgan fingerprint density at radius 1 is 1.16 bits per heavy atom. The number of unbranched alkanes of at least 4 members (excludes halogenated alkanes) is 1. The van der Waals surface area contributed by atoms with Gasteiger partial charge in [-0.3, -0.25) is 9.69 Å². The Kier molecular flexibility index (Phi) is 8.06. The first-order valence-electron chi connectivity index (χ1n) is 10.1. The van der Waals surface area contributed by atoms with Crippen molar-refractivity contribution < 1.29 is 18.7 Å². The van der Waals surface area contributed by atoms with Crippen LogP contribution < -0.4 is 9.47 Å². The number of rotatable bonds is 9. The van der Waals surface area contributed by atoms with Crippen LogP contribution in [0.4, 0.5) is 4.39 Å². The molecule has 1 unspecified atom stereocenters. The van der Waals surface area contributed by atoms with Gasteiger partial charge in [-0.05, 0) is 36.2 Å². The highest BCUT2D eigenvalue weighted by atomic mass is 32.2. The fourth-order valence-corrected chi connectivity index (χ4v) is 4.29. The molecule has 0 aromatic heterocycles. The van der Waals surface area contributed by atoms with Gasteiger partial charge in [-0.1, -0.05) is 43.7 Å². The van der Waals surface area contributed by atoms with Crippen LogP contribution in [0.25, 0.3) is 0 Å². The van der Waals surface area contributed by atoms with E-state index in [0.717, 1.165) is 30.4 Å². The molecule has 0 spiro atoms. The molecule has 1 aliphatic heterocycles. The summed E-state index contributed by atoms with van der Waals surface area (Å²) in [6, 6.07) is 11.5. The molecule has 1 heterocycles. The van der Waals surface area contributed by atoms with Crippen LogP contribution in [-0.2, 0) is 11.3 Å². The lowest BCUT2D eigenvalue weighted by atomic mass is 10.1. The van der Waals surface area contributed by atoms with Gasteiger partial charge >= 0.3 is 0 Å². The van der Waals surface area contributed by atoms with Crippen molar-refractivity contribution in [3.63, 3.8) is 0 Å². The van der Waals surface area contributed by atoms with Crippen molar-refractivity contribution in [3.05, 3.63) is 59.4 Å². The lowest BCUT2D eigenvalue weighted by Crippen LogP contribution is -2.31. The number of nitrogens with zero attached hydrogens (tertiary/aromatic N) is 3. The third-order valence-electron chi connectivity index (χ3n) is 4.87. The number of benzene rings is 2. The maximum Gasteiger partial charge on any atom is 0.242 e. The summed E-state index contributed by atoms with van der Waals surface area (Å²) in [6.45, 7) is 2.43. The van der Waals surface area contributed by atoms with Crippen LogP contribution in [0.2, 0.25) is 0 Å². The highest BCUT2D eigenvalue weighted by Gasteiger charge is 2.37. The Hall–Kier alpha value is -2.87. The van der Waals surface area contributed by atoms with Crippen LogP contribution in [0.15, 0.2) is 52.7 Å². The summed E-state index contributed by atoms with van der Waals surface area (Å²) < 4.78 is 23.8. The molecule has 164 valence electrons. The maximum absolute atomic E-state index is 13.2. The molecule has 1 fully saturated rings. The van der Waals surface area contributed by atoms with Crippen molar-refractivity contribution in [2.75, 3.05) is 14.2 Å². The van der Waals surface area contributed by atoms with Crippen molar-refractivity contribution >= 4 is 29.1 Å². The summed E-state index contributed by atoms with van der Waals surface area (Å²) in [4.78, 5) is 14.6. The van der Waals surface area contributed by atoms with Gasteiger partial charge in [0.2, 0.25) is 5.91 Å². The molecule has 0 saturated carbocycles. The molecule has 2 aromatic carbocycles. The van der Waals surface area contributed by atoms with Gasteiger partial charge in [-0.2, -0.15) is 5.10 Å². The van der Waals surface area contributed by atoms with E-state index < -0.39 is 0 Å². The molecule has 0 N–H and O–H groups in total. The first-order chi connectivity index (χ1) is 15.0. The van der Waals surface area contributed by atoms with Crippen molar-refractivity contribution in [2.45, 2.75) is 38.0 Å². The molecule has 6 nitrogen and oxygen atoms in total. The lowest BCUT2D eigenvalue weighted by Gasteiger charge is -2.16. The number of amides is 1. The molecule has 2 aromatic rings. The summed E-state index contributed by atoms with van der Waals surface area (Å²) in [5, 5.41) is 8.91. The van der Waals surface area contributed by atoms with Crippen LogP contribution in [0.5, 0.6) is 11.5 Å². The molecule has 1 aliphatic rings. The lowest BCUT2D eigenvalue weighted by molar-refractivity contribution is -0.126. The van der Waals surface area contributed by atoms with Gasteiger partial charge in [-0.25, -0.2) is 4.39 Å². The van der Waals surface area contributed by atoms with Crippen LogP contribution in [0.3, 0.4) is 0 Å². The van der Waals surface area contributed by atoms with Gasteiger partial charge in [-0.15, -0.1) is 5.10 Å². The second kappa shape index (κ2) is 10.9. The minimum atomic E-state index is -0.307. The van der Waals surface area contributed by atoms with E-state index in [1.807, 2.05) is 12.1 Å². The SMILES string of the molecule is CCCCC1S/C(=N\N=C\c2ccc(OC)cc2OC)N(Cc2ccc(F)cc2)C1=O. The maximum atomic E-state index is 13.2. The zero-order valence-corrected chi connectivity index (χ0v) is 18.7. The predicted octanol–water partition coefficient (Wildman–Crippen LogP) is 4.87. The second-order valence-corrected chi connectivity index (χ2v) is 8.20. The first kappa shape index (κ1) is 22.8. The largest absolute Gasteiger partial charge is 0.497 e. The van der Waals surface area contributed by atoms with Gasteiger partial charge in [0, 0.05) is 11.6 Å². The Balaban J connectivity index is 1.82. The third-order valence-corrected chi connectivity index (χ3v) is 6.11. The van der Waals surface area contributed by atoms with Gasteiger partial charge in [0.1, 0.15) is 17.3 Å². The van der Waals surface area contributed by atoms with Crippen molar-refractivity contribution in [1.29, 1.82) is 0 Å². The molecule has 3 rings (SSSR count). The molecule has 0 aliphatic carbocycles. The summed E-state index contributed by atoms with van der Waals surface area (Å²) in [7, 11) is 3.17. The van der Waals surface area contributed by atoms with E-state index in [2.05, 4.69) is 17.1 Å². The topological polar surface area (TPSA) is 63.5 Å². The average molecular weight is 444 g/mol. The minimum Gasteiger partial charge on any atom is -0.497 e. The zero-order valence-electron chi connectivity index (χ0n) is 17.9. The number of ether oxygens (including phenoxy) is 2. The monoisotopic (exact) mass is 443 g/mol. The minimum absolute atomic E-state index is 0.0127. The fourth-order valence-electron chi connectivity index (χ4n) is 3.14. The van der Waals surface area contributed by atoms with E-state index in [1.54, 1.807) is 43.5 Å². The number of halogens is 1. The van der Waals surface area contributed by atoms with E-state index in [0.29, 0.717) is 23.2 Å². The summed E-state index contributed by atoms with van der Waals surface area (Å²) >= 11 is 1.43. The number of methoxy groups -OCH3 is 2. The molecule has 1 atom stereocenters. The van der Waals surface area contributed by atoms with E-state index >= 15 is 0 Å². The number of hydrogen-bond acceptors (Lipinski definition) is 6. The molecular weight excluding hydrogens is 417 g/mol. The quantitative estimate of drug-likeness (QED) is 0.410. The Labute approximate surface area is 186 Å². The molecular formula is C23H26FN3O3S. The van der Waals surface area contributed by atoms with Gasteiger partial charge in [0.15, 0.2) is 5.17 Å². The van der Waals surface area contributed by atoms with Crippen molar-refractivity contribution in [2.24, 2.45) is 10.2 Å². The molecule has 0 bridgehead atoms. The standard InChI is InChI=1S/C23H26FN3O3S/c1-4-5-6-21-22(28)27(15-16-7-10-18(24)11-8-16)23(31-21)26-25-14-17-9-12-19(29-2)13-20(17)30-3/h7-14,21H,4-6,15H2,1-3H3/b25-14+,26-23-. The van der Waals surface area contributed by atoms with E-state index in [-0.39, 0.29) is 17.0 Å². The summed E-state index contributed by atoms with van der Waals surface area (Å²) in [5.41, 5.74) is 1.58. The second-order valence-electron chi connectivity index (χ2n) is 7.03. The third kappa shape index (κ3) is 5.85. The van der Waals surface area contributed by atoms with Crippen molar-refractivity contribution in [3.8, 4) is 11.5 Å². The fraction of sp³-hybridized carbons (Fsp3) is 0.348. The normalized spacial score (nSPS) is 17.7. The van der Waals surface area contributed by atoms with Crippen LogP contribution in [-0.4, -0.2) is 41.7 Å². The number of carbonyl (C=O) groups is 1. The molecule has 1 amide bonds. The van der Waals surface area contributed by atoms with Crippen molar-refractivity contribution in [1.82, 2.24) is 4.90 Å². The van der Waals surface area contributed by atoms with Gasteiger partial charge in [0.05, 0.1) is 32.2 Å². The average Bonchev–Trinajstić information content (AvgIpc) is 3.08. The Bertz CT molecular complexity index is 963. The molecule has 31 heavy (non-hydrogen) atoms. The number of amidine groups is 1. The smallest absolute Gasteiger partial charge is 0.242 e. The van der Waals surface area contributed by atoms with E-state index in [4.69, 9.17) is 9.47 Å². The molecule has 8 heteroatoms. The Morgan fingerprint density at radius 3 is 2.61 bits per heavy atom. The first-order valence-corrected chi connectivity index (χ1v) is 11.0. The number of thioether (sulfide) groups is 1. The van der Waals surface area contributed by atoms with Crippen LogP contribution in [0, 0.1) is 5.82 Å². The van der Waals surface area contributed by atoms with E-state index in [1.165, 1.54) is 23.9 Å². The number of hydrogen-bond donors (Lipinski definition) is 0. The van der Waals surface area contributed by atoms with Gasteiger partial charge < -0.3 is 9.47 Å². The highest BCUT2D eigenvalue weighted by molar-refractivity contribution is 8.15. The number of carbonyl (C=O) groups excluding carboxylic acids is 1. The summed E-state index contributed by atoms with van der Waals surface area (Å²) in [5.74, 6) is 1.00. The van der Waals surface area contributed by atoms with Gasteiger partial charge in [0.25, 0.3) is 0 Å². The van der Waals surface area contributed by atoms with Crippen LogP contribution >= 0.6 is 11.8 Å². The van der Waals surface area contributed by atoms with E-state index in [9.17, 15) is 9.18 Å². The highest BCUT2D eigenvalue weighted by Crippen LogP contribution is 2.32. The molecule has 0 radical (unpaired) electrons. The molecule has 1 saturated heterocycles.